The molecule has 1 atom stereocenters. The lowest BCUT2D eigenvalue weighted by Crippen LogP contribution is -2.49. The van der Waals surface area contributed by atoms with Gasteiger partial charge in [0.15, 0.2) is 4.84 Å². The standard InChI is InChI=1S/C12H14Cl2N2O/c13-11(14)12(17)16-7-6-15-10(8-16)9-4-2-1-3-5-9/h1-5,10-11,15H,6-8H2. The Morgan fingerprint density at radius 2 is 2.06 bits per heavy atom. The zero-order valence-electron chi connectivity index (χ0n) is 9.27. The first-order chi connectivity index (χ1) is 8.18. The third kappa shape index (κ3) is 3.12. The largest absolute Gasteiger partial charge is 0.337 e. The van der Waals surface area contributed by atoms with Crippen LogP contribution in [0.5, 0.6) is 0 Å². The maximum Gasteiger partial charge on any atom is 0.255 e. The van der Waals surface area contributed by atoms with E-state index in [1.54, 1.807) is 4.90 Å². The maximum absolute atomic E-state index is 11.7. The lowest BCUT2D eigenvalue weighted by atomic mass is 10.0. The molecule has 1 aliphatic rings. The van der Waals surface area contributed by atoms with E-state index in [4.69, 9.17) is 23.2 Å². The normalized spacial score (nSPS) is 20.6. The van der Waals surface area contributed by atoms with Gasteiger partial charge in [-0.2, -0.15) is 0 Å². The summed E-state index contributed by atoms with van der Waals surface area (Å²) in [5.41, 5.74) is 1.17. The highest BCUT2D eigenvalue weighted by Crippen LogP contribution is 2.18. The van der Waals surface area contributed by atoms with Crippen molar-refractivity contribution in [2.24, 2.45) is 0 Å². The second-order valence-electron chi connectivity index (χ2n) is 4.00. The molecule has 92 valence electrons. The average Bonchev–Trinajstić information content (AvgIpc) is 2.39. The molecule has 1 saturated heterocycles. The summed E-state index contributed by atoms with van der Waals surface area (Å²) in [7, 11) is 0. The summed E-state index contributed by atoms with van der Waals surface area (Å²) < 4.78 is 0. The fraction of sp³-hybridized carbons (Fsp3) is 0.417. The predicted octanol–water partition coefficient (Wildman–Crippen LogP) is 1.96. The molecule has 1 N–H and O–H groups in total. The minimum Gasteiger partial charge on any atom is -0.337 e. The minimum atomic E-state index is -0.968. The number of alkyl halides is 2. The van der Waals surface area contributed by atoms with Gasteiger partial charge in [0.1, 0.15) is 0 Å². The van der Waals surface area contributed by atoms with Crippen LogP contribution < -0.4 is 5.32 Å². The first-order valence-electron chi connectivity index (χ1n) is 5.54. The van der Waals surface area contributed by atoms with Crippen LogP contribution >= 0.6 is 23.2 Å². The molecular formula is C12H14Cl2N2O. The van der Waals surface area contributed by atoms with Crippen molar-refractivity contribution in [3.63, 3.8) is 0 Å². The van der Waals surface area contributed by atoms with Crippen molar-refractivity contribution in [3.05, 3.63) is 35.9 Å². The van der Waals surface area contributed by atoms with Gasteiger partial charge in [-0.05, 0) is 5.56 Å². The van der Waals surface area contributed by atoms with Crippen molar-refractivity contribution in [2.75, 3.05) is 19.6 Å². The van der Waals surface area contributed by atoms with Gasteiger partial charge < -0.3 is 10.2 Å². The number of hydrogen-bond acceptors (Lipinski definition) is 2. The number of benzene rings is 1. The van der Waals surface area contributed by atoms with E-state index in [1.165, 1.54) is 5.56 Å². The molecule has 1 heterocycles. The van der Waals surface area contributed by atoms with E-state index in [2.05, 4.69) is 5.32 Å². The fourth-order valence-corrected chi connectivity index (χ4v) is 2.27. The Kier molecular flexibility index (Phi) is 4.26. The molecule has 0 saturated carbocycles. The van der Waals surface area contributed by atoms with E-state index >= 15 is 0 Å². The van der Waals surface area contributed by atoms with E-state index < -0.39 is 4.84 Å². The molecule has 1 aliphatic heterocycles. The average molecular weight is 273 g/mol. The SMILES string of the molecule is O=C(C(Cl)Cl)N1CCNC(c2ccccc2)C1. The summed E-state index contributed by atoms with van der Waals surface area (Å²) in [6, 6.07) is 10.2. The van der Waals surface area contributed by atoms with Crippen molar-refractivity contribution in [1.82, 2.24) is 10.2 Å². The monoisotopic (exact) mass is 272 g/mol. The third-order valence-electron chi connectivity index (χ3n) is 2.88. The summed E-state index contributed by atoms with van der Waals surface area (Å²) >= 11 is 11.2. The van der Waals surface area contributed by atoms with Gasteiger partial charge in [-0.15, -0.1) is 0 Å². The number of carbonyl (C=O) groups excluding carboxylic acids is 1. The number of amides is 1. The van der Waals surface area contributed by atoms with Gasteiger partial charge in [-0.25, -0.2) is 0 Å². The maximum atomic E-state index is 11.7. The molecule has 0 aliphatic carbocycles. The highest BCUT2D eigenvalue weighted by atomic mass is 35.5. The molecule has 2 rings (SSSR count). The Balaban J connectivity index is 2.05. The summed E-state index contributed by atoms with van der Waals surface area (Å²) in [6.07, 6.45) is 0. The molecule has 0 radical (unpaired) electrons. The third-order valence-corrected chi connectivity index (χ3v) is 3.25. The molecule has 0 aromatic heterocycles. The molecule has 1 fully saturated rings. The van der Waals surface area contributed by atoms with Crippen molar-refractivity contribution >= 4 is 29.1 Å². The molecule has 5 heteroatoms. The fourth-order valence-electron chi connectivity index (χ4n) is 2.00. The first kappa shape index (κ1) is 12.7. The Hall–Kier alpha value is -0.770. The Bertz CT molecular complexity index is 383. The molecule has 1 amide bonds. The highest BCUT2D eigenvalue weighted by molar-refractivity contribution is 6.53. The summed E-state index contributed by atoms with van der Waals surface area (Å²) in [5.74, 6) is -0.212. The number of nitrogens with zero attached hydrogens (tertiary/aromatic N) is 1. The van der Waals surface area contributed by atoms with Crippen LogP contribution in [0.1, 0.15) is 11.6 Å². The van der Waals surface area contributed by atoms with E-state index in [1.807, 2.05) is 30.3 Å². The van der Waals surface area contributed by atoms with Crippen LogP contribution in [0.3, 0.4) is 0 Å². The van der Waals surface area contributed by atoms with E-state index in [0.29, 0.717) is 13.1 Å². The number of hydrogen-bond donors (Lipinski definition) is 1. The van der Waals surface area contributed by atoms with Gasteiger partial charge in [0, 0.05) is 25.7 Å². The van der Waals surface area contributed by atoms with Crippen LogP contribution in [0.4, 0.5) is 0 Å². The van der Waals surface area contributed by atoms with Gasteiger partial charge in [-0.1, -0.05) is 53.5 Å². The smallest absolute Gasteiger partial charge is 0.255 e. The Labute approximate surface area is 111 Å². The minimum absolute atomic E-state index is 0.154. The Morgan fingerprint density at radius 1 is 1.35 bits per heavy atom. The van der Waals surface area contributed by atoms with Gasteiger partial charge in [0.25, 0.3) is 5.91 Å². The second-order valence-corrected chi connectivity index (χ2v) is 5.10. The topological polar surface area (TPSA) is 32.3 Å². The molecule has 1 aromatic carbocycles. The zero-order chi connectivity index (χ0) is 12.3. The lowest BCUT2D eigenvalue weighted by molar-refractivity contribution is -0.130. The van der Waals surface area contributed by atoms with Gasteiger partial charge in [-0.3, -0.25) is 4.79 Å². The molecule has 3 nitrogen and oxygen atoms in total. The summed E-state index contributed by atoms with van der Waals surface area (Å²) in [5, 5.41) is 3.38. The molecule has 1 aromatic rings. The molecule has 1 unspecified atom stereocenters. The van der Waals surface area contributed by atoms with Gasteiger partial charge >= 0.3 is 0 Å². The summed E-state index contributed by atoms with van der Waals surface area (Å²) in [6.45, 7) is 2.02. The number of carbonyl (C=O) groups is 1. The predicted molar refractivity (Wildman–Crippen MR) is 69.3 cm³/mol. The van der Waals surface area contributed by atoms with Gasteiger partial charge in [0.05, 0.1) is 0 Å². The Morgan fingerprint density at radius 3 is 2.71 bits per heavy atom. The molecule has 17 heavy (non-hydrogen) atoms. The number of nitrogens with one attached hydrogen (secondary N) is 1. The van der Waals surface area contributed by atoms with Crippen LogP contribution in [0, 0.1) is 0 Å². The van der Waals surface area contributed by atoms with Crippen molar-refractivity contribution in [1.29, 1.82) is 0 Å². The summed E-state index contributed by atoms with van der Waals surface area (Å²) in [4.78, 5) is 12.4. The van der Waals surface area contributed by atoms with E-state index in [9.17, 15) is 4.79 Å². The number of piperazine rings is 1. The van der Waals surface area contributed by atoms with Crippen LogP contribution in [0.15, 0.2) is 30.3 Å². The number of rotatable bonds is 2. The van der Waals surface area contributed by atoms with E-state index in [0.717, 1.165) is 6.54 Å². The van der Waals surface area contributed by atoms with Crippen LogP contribution in [0.25, 0.3) is 0 Å². The van der Waals surface area contributed by atoms with Gasteiger partial charge in [0.2, 0.25) is 0 Å². The van der Waals surface area contributed by atoms with Crippen molar-refractivity contribution < 1.29 is 4.79 Å². The number of halogens is 2. The van der Waals surface area contributed by atoms with Crippen molar-refractivity contribution in [3.8, 4) is 0 Å². The van der Waals surface area contributed by atoms with Crippen LogP contribution in [-0.2, 0) is 4.79 Å². The van der Waals surface area contributed by atoms with E-state index in [-0.39, 0.29) is 11.9 Å². The highest BCUT2D eigenvalue weighted by Gasteiger charge is 2.26. The molecule has 0 bridgehead atoms. The van der Waals surface area contributed by atoms with Crippen LogP contribution in [-0.4, -0.2) is 35.3 Å². The van der Waals surface area contributed by atoms with Crippen LogP contribution in [0.2, 0.25) is 0 Å². The quantitative estimate of drug-likeness (QED) is 0.835. The molecule has 0 spiro atoms. The van der Waals surface area contributed by atoms with Crippen molar-refractivity contribution in [2.45, 2.75) is 10.9 Å². The second kappa shape index (κ2) is 5.71. The lowest BCUT2D eigenvalue weighted by Gasteiger charge is -2.34. The zero-order valence-corrected chi connectivity index (χ0v) is 10.8. The molecular weight excluding hydrogens is 259 g/mol. The first-order valence-corrected chi connectivity index (χ1v) is 6.41.